The van der Waals surface area contributed by atoms with Crippen molar-refractivity contribution in [2.45, 2.75) is 19.6 Å². The summed E-state index contributed by atoms with van der Waals surface area (Å²) in [5.74, 6) is 1.54. The third-order valence-corrected chi connectivity index (χ3v) is 3.05. The maximum atomic E-state index is 11.9. The zero-order valence-corrected chi connectivity index (χ0v) is 12.2. The average Bonchev–Trinajstić information content (AvgIpc) is 2.93. The predicted octanol–water partition coefficient (Wildman–Crippen LogP) is 0.404. The van der Waals surface area contributed by atoms with Crippen LogP contribution in [0.4, 0.5) is 0 Å². The lowest BCUT2D eigenvalue weighted by Crippen LogP contribution is -2.38. The Morgan fingerprint density at radius 3 is 2.81 bits per heavy atom. The number of amides is 1. The summed E-state index contributed by atoms with van der Waals surface area (Å²) in [4.78, 5) is 11.9. The van der Waals surface area contributed by atoms with Gasteiger partial charge in [0.1, 0.15) is 5.75 Å². The molecule has 1 aromatic carbocycles. The van der Waals surface area contributed by atoms with Crippen LogP contribution in [0, 0.1) is 0 Å². The van der Waals surface area contributed by atoms with Gasteiger partial charge in [-0.15, -0.1) is 0 Å². The number of ether oxygens (including phenoxy) is 4. The molecule has 1 atom stereocenters. The van der Waals surface area contributed by atoms with Crippen LogP contribution in [0.1, 0.15) is 12.5 Å². The summed E-state index contributed by atoms with van der Waals surface area (Å²) in [7, 11) is 1.58. The van der Waals surface area contributed by atoms with Crippen LogP contribution in [0.2, 0.25) is 0 Å². The Bertz CT molecular complexity index is 506. The van der Waals surface area contributed by atoms with Crippen molar-refractivity contribution >= 4 is 5.91 Å². The molecule has 21 heavy (non-hydrogen) atoms. The molecule has 0 spiro atoms. The van der Waals surface area contributed by atoms with Crippen LogP contribution in [0.25, 0.3) is 0 Å². The van der Waals surface area contributed by atoms with E-state index in [1.54, 1.807) is 26.2 Å². The van der Waals surface area contributed by atoms with Gasteiger partial charge in [0.25, 0.3) is 5.91 Å². The normalized spacial score (nSPS) is 13.9. The van der Waals surface area contributed by atoms with Gasteiger partial charge in [0.2, 0.25) is 6.79 Å². The lowest BCUT2D eigenvalue weighted by Gasteiger charge is -2.17. The van der Waals surface area contributed by atoms with E-state index in [1.807, 2.05) is 0 Å². The first kappa shape index (κ1) is 15.4. The molecule has 0 aliphatic carbocycles. The molecule has 2 rings (SSSR count). The summed E-state index contributed by atoms with van der Waals surface area (Å²) in [5.41, 5.74) is 6.46. The molecule has 0 saturated heterocycles. The van der Waals surface area contributed by atoms with Gasteiger partial charge >= 0.3 is 0 Å². The summed E-state index contributed by atoms with van der Waals surface area (Å²) in [6.07, 6.45) is -0.646. The topological polar surface area (TPSA) is 92.0 Å². The van der Waals surface area contributed by atoms with E-state index in [4.69, 9.17) is 24.7 Å². The van der Waals surface area contributed by atoms with E-state index in [2.05, 4.69) is 5.32 Å². The fourth-order valence-corrected chi connectivity index (χ4v) is 1.90. The molecule has 0 bridgehead atoms. The zero-order valence-electron chi connectivity index (χ0n) is 12.2. The van der Waals surface area contributed by atoms with E-state index in [9.17, 15) is 4.79 Å². The molecule has 3 N–H and O–H groups in total. The lowest BCUT2D eigenvalue weighted by molar-refractivity contribution is -0.127. The second kappa shape index (κ2) is 7.14. The van der Waals surface area contributed by atoms with E-state index < -0.39 is 6.10 Å². The van der Waals surface area contributed by atoms with Crippen molar-refractivity contribution in [1.29, 1.82) is 0 Å². The highest BCUT2D eigenvalue weighted by atomic mass is 16.7. The Kier molecular flexibility index (Phi) is 5.24. The van der Waals surface area contributed by atoms with Gasteiger partial charge in [0, 0.05) is 31.8 Å². The largest absolute Gasteiger partial charge is 0.480 e. The first-order valence-corrected chi connectivity index (χ1v) is 6.71. The second-order valence-corrected chi connectivity index (χ2v) is 4.56. The highest BCUT2D eigenvalue weighted by molar-refractivity contribution is 5.80. The van der Waals surface area contributed by atoms with Gasteiger partial charge in [-0.3, -0.25) is 4.79 Å². The molecule has 1 unspecified atom stereocenters. The summed E-state index contributed by atoms with van der Waals surface area (Å²) in [5, 5.41) is 2.72. The second-order valence-electron chi connectivity index (χ2n) is 4.56. The zero-order chi connectivity index (χ0) is 15.2. The predicted molar refractivity (Wildman–Crippen MR) is 75.4 cm³/mol. The number of benzene rings is 1. The number of methoxy groups -OCH3 is 1. The van der Waals surface area contributed by atoms with E-state index in [-0.39, 0.29) is 19.2 Å². The number of rotatable bonds is 7. The van der Waals surface area contributed by atoms with E-state index in [0.717, 1.165) is 5.56 Å². The highest BCUT2D eigenvalue weighted by Gasteiger charge is 2.21. The Hall–Kier alpha value is -1.99. The third-order valence-electron chi connectivity index (χ3n) is 3.05. The van der Waals surface area contributed by atoms with Gasteiger partial charge in [-0.05, 0) is 13.0 Å². The molecule has 1 heterocycles. The highest BCUT2D eigenvalue weighted by Crippen LogP contribution is 2.38. The van der Waals surface area contributed by atoms with Crippen LogP contribution >= 0.6 is 0 Å². The summed E-state index contributed by atoms with van der Waals surface area (Å²) in [6, 6.07) is 3.47. The molecule has 0 radical (unpaired) electrons. The first-order chi connectivity index (χ1) is 10.2. The molecule has 7 heteroatoms. The molecule has 0 saturated carbocycles. The third kappa shape index (κ3) is 3.77. The number of nitrogens with one attached hydrogen (secondary N) is 1. The Balaban J connectivity index is 2.03. The molecule has 0 fully saturated rings. The van der Waals surface area contributed by atoms with Crippen LogP contribution in [0.15, 0.2) is 12.1 Å². The quantitative estimate of drug-likeness (QED) is 0.708. The molecule has 1 aliphatic rings. The Labute approximate surface area is 123 Å². The van der Waals surface area contributed by atoms with Crippen molar-refractivity contribution in [3.05, 3.63) is 17.7 Å². The number of carbonyl (C=O) groups is 1. The van der Waals surface area contributed by atoms with Gasteiger partial charge in [-0.1, -0.05) is 0 Å². The summed E-state index contributed by atoms with van der Waals surface area (Å²) >= 11 is 0. The minimum absolute atomic E-state index is 0.176. The van der Waals surface area contributed by atoms with Crippen molar-refractivity contribution in [3.63, 3.8) is 0 Å². The van der Waals surface area contributed by atoms with Crippen LogP contribution in [-0.2, 0) is 16.1 Å². The first-order valence-electron chi connectivity index (χ1n) is 6.71. The average molecular weight is 296 g/mol. The minimum atomic E-state index is -0.646. The monoisotopic (exact) mass is 296 g/mol. The number of fused-ring (bicyclic) bond motifs is 1. The van der Waals surface area contributed by atoms with Crippen molar-refractivity contribution in [1.82, 2.24) is 5.32 Å². The molecule has 1 aliphatic heterocycles. The summed E-state index contributed by atoms with van der Waals surface area (Å²) < 4.78 is 21.1. The molecule has 0 aromatic heterocycles. The number of carbonyl (C=O) groups excluding carboxylic acids is 1. The van der Waals surface area contributed by atoms with Crippen LogP contribution in [0.5, 0.6) is 17.2 Å². The molecular formula is C14H20N2O5. The smallest absolute Gasteiger partial charge is 0.260 e. The van der Waals surface area contributed by atoms with Gasteiger partial charge in [0.15, 0.2) is 17.6 Å². The SMILES string of the molecule is COCCNC(=O)C(C)Oc1cc2c(cc1CN)OCO2. The van der Waals surface area contributed by atoms with Gasteiger partial charge in [-0.25, -0.2) is 0 Å². The van der Waals surface area contributed by atoms with Crippen LogP contribution < -0.4 is 25.3 Å². The van der Waals surface area contributed by atoms with Crippen LogP contribution in [0.3, 0.4) is 0 Å². The van der Waals surface area contributed by atoms with Gasteiger partial charge in [0.05, 0.1) is 6.61 Å². The fourth-order valence-electron chi connectivity index (χ4n) is 1.90. The lowest BCUT2D eigenvalue weighted by atomic mass is 10.1. The van der Waals surface area contributed by atoms with Crippen molar-refractivity contribution < 1.29 is 23.7 Å². The van der Waals surface area contributed by atoms with Crippen molar-refractivity contribution in [2.75, 3.05) is 27.1 Å². The molecule has 1 aromatic rings. The van der Waals surface area contributed by atoms with E-state index in [0.29, 0.717) is 30.4 Å². The molecule has 1 amide bonds. The van der Waals surface area contributed by atoms with Gasteiger partial charge in [-0.2, -0.15) is 0 Å². The van der Waals surface area contributed by atoms with Crippen LogP contribution in [-0.4, -0.2) is 39.1 Å². The number of hydrogen-bond acceptors (Lipinski definition) is 6. The molecule has 7 nitrogen and oxygen atoms in total. The van der Waals surface area contributed by atoms with Crippen molar-refractivity contribution in [3.8, 4) is 17.2 Å². The van der Waals surface area contributed by atoms with Crippen molar-refractivity contribution in [2.24, 2.45) is 5.73 Å². The maximum absolute atomic E-state index is 11.9. The fraction of sp³-hybridized carbons (Fsp3) is 0.500. The Morgan fingerprint density at radius 2 is 2.14 bits per heavy atom. The van der Waals surface area contributed by atoms with E-state index in [1.165, 1.54) is 0 Å². The summed E-state index contributed by atoms with van der Waals surface area (Å²) in [6.45, 7) is 3.03. The molecule has 116 valence electrons. The molecular weight excluding hydrogens is 276 g/mol. The number of hydrogen-bond donors (Lipinski definition) is 2. The maximum Gasteiger partial charge on any atom is 0.260 e. The number of nitrogens with two attached hydrogens (primary N) is 1. The Morgan fingerprint density at radius 1 is 1.43 bits per heavy atom. The van der Waals surface area contributed by atoms with Gasteiger partial charge < -0.3 is 30.0 Å². The van der Waals surface area contributed by atoms with E-state index >= 15 is 0 Å². The minimum Gasteiger partial charge on any atom is -0.480 e. The standard InChI is InChI=1S/C14H20N2O5/c1-9(14(17)16-3-4-18-2)21-11-6-13-12(19-8-20-13)5-10(11)7-15/h5-6,9H,3-4,7-8,15H2,1-2H3,(H,16,17).